The summed E-state index contributed by atoms with van der Waals surface area (Å²) < 4.78 is 11.3. The molecule has 1 heterocycles. The average Bonchev–Trinajstić information content (AvgIpc) is 2.89. The van der Waals surface area contributed by atoms with Crippen LogP contribution in [-0.4, -0.2) is 16.7 Å². The third-order valence-corrected chi connectivity index (χ3v) is 4.01. The Kier molecular flexibility index (Phi) is 6.02. The van der Waals surface area contributed by atoms with Gasteiger partial charge >= 0.3 is 0 Å². The number of hydrogen-bond acceptors (Lipinski definition) is 5. The average molecular weight is 307 g/mol. The monoisotopic (exact) mass is 307 g/mol. The number of nitrogens with zero attached hydrogens (tertiary/aromatic N) is 1. The largest absolute Gasteiger partial charge is 0.490 e. The van der Waals surface area contributed by atoms with Crippen LogP contribution in [0.4, 0.5) is 0 Å². The third kappa shape index (κ3) is 4.19. The van der Waals surface area contributed by atoms with Crippen LogP contribution >= 0.6 is 11.3 Å². The van der Waals surface area contributed by atoms with Crippen molar-refractivity contribution in [3.63, 3.8) is 0 Å². The van der Waals surface area contributed by atoms with Gasteiger partial charge in [-0.15, -0.1) is 11.3 Å². The van der Waals surface area contributed by atoms with E-state index in [9.17, 15) is 5.11 Å². The lowest BCUT2D eigenvalue weighted by Gasteiger charge is -2.10. The van der Waals surface area contributed by atoms with Gasteiger partial charge in [0.1, 0.15) is 11.6 Å². The minimum atomic E-state index is 0.0442. The Balaban J connectivity index is 2.06. The van der Waals surface area contributed by atoms with Crippen molar-refractivity contribution in [2.24, 2.45) is 0 Å². The second kappa shape index (κ2) is 8.00. The first-order chi connectivity index (χ1) is 10.3. The van der Waals surface area contributed by atoms with Crippen molar-refractivity contribution in [2.75, 3.05) is 6.61 Å². The van der Waals surface area contributed by atoms with Crippen LogP contribution in [0.5, 0.6) is 11.5 Å². The minimum absolute atomic E-state index is 0.0442. The van der Waals surface area contributed by atoms with Gasteiger partial charge in [-0.1, -0.05) is 25.5 Å². The van der Waals surface area contributed by atoms with E-state index >= 15 is 0 Å². The maximum atomic E-state index is 9.37. The summed E-state index contributed by atoms with van der Waals surface area (Å²) in [5.41, 5.74) is 0.988. The normalized spacial score (nSPS) is 10.6. The molecule has 0 saturated carbocycles. The number of aliphatic hydroxyl groups is 1. The van der Waals surface area contributed by atoms with Crippen molar-refractivity contribution in [1.29, 1.82) is 0 Å². The molecule has 4 nitrogen and oxygen atoms in total. The van der Waals surface area contributed by atoms with Gasteiger partial charge in [-0.25, -0.2) is 4.98 Å². The van der Waals surface area contributed by atoms with Crippen LogP contribution in [0.15, 0.2) is 24.3 Å². The smallest absolute Gasteiger partial charge is 0.161 e. The van der Waals surface area contributed by atoms with E-state index in [2.05, 4.69) is 11.9 Å². The van der Waals surface area contributed by atoms with Gasteiger partial charge in [-0.2, -0.15) is 0 Å². The van der Waals surface area contributed by atoms with Crippen molar-refractivity contribution < 1.29 is 14.6 Å². The number of hydrogen-bond donors (Lipinski definition) is 1. The molecule has 1 aromatic carbocycles. The van der Waals surface area contributed by atoms with Crippen LogP contribution in [0.1, 0.15) is 35.8 Å². The maximum Gasteiger partial charge on any atom is 0.161 e. The first-order valence-corrected chi connectivity index (χ1v) is 8.03. The molecule has 0 aliphatic carbocycles. The highest BCUT2D eigenvalue weighted by atomic mass is 32.1. The number of benzene rings is 1. The quantitative estimate of drug-likeness (QED) is 0.810. The van der Waals surface area contributed by atoms with Crippen molar-refractivity contribution in [3.8, 4) is 11.5 Å². The van der Waals surface area contributed by atoms with E-state index in [0.29, 0.717) is 13.2 Å². The van der Waals surface area contributed by atoms with Crippen LogP contribution in [0, 0.1) is 0 Å². The van der Waals surface area contributed by atoms with Crippen LogP contribution < -0.4 is 9.47 Å². The number of aryl methyl sites for hydroxylation is 1. The molecule has 0 amide bonds. The van der Waals surface area contributed by atoms with Gasteiger partial charge in [0.2, 0.25) is 0 Å². The van der Waals surface area contributed by atoms with Crippen molar-refractivity contribution in [2.45, 2.75) is 39.9 Å². The number of para-hydroxylation sites is 2. The standard InChI is InChI=1S/C16H21NO3S/c1-3-7-12-15(10-18)21-16(17-12)11-20-14-9-6-5-8-13(14)19-4-2/h5-6,8-9,18H,3-4,7,10-11H2,1-2H3. The highest BCUT2D eigenvalue weighted by Gasteiger charge is 2.11. The fraction of sp³-hybridized carbons (Fsp3) is 0.438. The van der Waals surface area contributed by atoms with Gasteiger partial charge in [0, 0.05) is 0 Å². The van der Waals surface area contributed by atoms with Crippen LogP contribution in [0.3, 0.4) is 0 Å². The molecule has 1 aromatic heterocycles. The highest BCUT2D eigenvalue weighted by molar-refractivity contribution is 7.11. The molecule has 21 heavy (non-hydrogen) atoms. The summed E-state index contributed by atoms with van der Waals surface area (Å²) in [6.07, 6.45) is 1.91. The van der Waals surface area contributed by atoms with Crippen LogP contribution in [0.2, 0.25) is 0 Å². The van der Waals surface area contributed by atoms with E-state index in [4.69, 9.17) is 9.47 Å². The Morgan fingerprint density at radius 3 is 2.48 bits per heavy atom. The number of thiazole rings is 1. The molecular formula is C16H21NO3S. The molecule has 0 aliphatic heterocycles. The molecular weight excluding hydrogens is 286 g/mol. The zero-order chi connectivity index (χ0) is 15.1. The number of rotatable bonds is 8. The Labute approximate surface area is 129 Å². The molecule has 5 heteroatoms. The van der Waals surface area contributed by atoms with Crippen molar-refractivity contribution in [1.82, 2.24) is 4.98 Å². The van der Waals surface area contributed by atoms with Crippen LogP contribution in [-0.2, 0) is 19.6 Å². The number of aromatic nitrogens is 1. The van der Waals surface area contributed by atoms with E-state index < -0.39 is 0 Å². The van der Waals surface area contributed by atoms with Gasteiger partial charge in [0.25, 0.3) is 0 Å². The zero-order valence-corrected chi connectivity index (χ0v) is 13.3. The van der Waals surface area contributed by atoms with E-state index in [0.717, 1.165) is 39.9 Å². The predicted molar refractivity (Wildman–Crippen MR) is 84.0 cm³/mol. The van der Waals surface area contributed by atoms with Gasteiger partial charge in [-0.3, -0.25) is 0 Å². The Bertz CT molecular complexity index is 568. The van der Waals surface area contributed by atoms with Gasteiger partial charge < -0.3 is 14.6 Å². The second-order valence-corrected chi connectivity index (χ2v) is 5.72. The Morgan fingerprint density at radius 2 is 1.86 bits per heavy atom. The van der Waals surface area contributed by atoms with E-state index in [1.165, 1.54) is 11.3 Å². The third-order valence-electron chi connectivity index (χ3n) is 2.95. The van der Waals surface area contributed by atoms with Gasteiger partial charge in [-0.05, 0) is 25.5 Å². The molecule has 0 spiro atoms. The summed E-state index contributed by atoms with van der Waals surface area (Å²) in [7, 11) is 0. The van der Waals surface area contributed by atoms with Crippen molar-refractivity contribution in [3.05, 3.63) is 39.8 Å². The number of aliphatic hydroxyl groups excluding tert-OH is 1. The highest BCUT2D eigenvalue weighted by Crippen LogP contribution is 2.28. The summed E-state index contributed by atoms with van der Waals surface area (Å²) in [4.78, 5) is 5.49. The molecule has 0 aliphatic rings. The van der Waals surface area contributed by atoms with Crippen molar-refractivity contribution >= 4 is 11.3 Å². The zero-order valence-electron chi connectivity index (χ0n) is 12.5. The molecule has 0 saturated heterocycles. The predicted octanol–water partition coefficient (Wildman–Crippen LogP) is 3.57. The summed E-state index contributed by atoms with van der Waals surface area (Å²) in [6.45, 7) is 5.10. The van der Waals surface area contributed by atoms with E-state index in [1.54, 1.807) is 0 Å². The lowest BCUT2D eigenvalue weighted by Crippen LogP contribution is -1.99. The Morgan fingerprint density at radius 1 is 1.14 bits per heavy atom. The SMILES string of the molecule is CCCc1nc(COc2ccccc2OCC)sc1CO. The molecule has 2 rings (SSSR count). The maximum absolute atomic E-state index is 9.37. The topological polar surface area (TPSA) is 51.6 Å². The first-order valence-electron chi connectivity index (χ1n) is 7.21. The van der Waals surface area contributed by atoms with Crippen LogP contribution in [0.25, 0.3) is 0 Å². The summed E-state index contributed by atoms with van der Waals surface area (Å²) in [6, 6.07) is 7.62. The summed E-state index contributed by atoms with van der Waals surface area (Å²) in [5.74, 6) is 1.46. The fourth-order valence-corrected chi connectivity index (χ4v) is 2.93. The van der Waals surface area contributed by atoms with Gasteiger partial charge in [0.05, 0.1) is 23.8 Å². The van der Waals surface area contributed by atoms with E-state index in [-0.39, 0.29) is 6.61 Å². The molecule has 114 valence electrons. The van der Waals surface area contributed by atoms with Gasteiger partial charge in [0.15, 0.2) is 11.5 Å². The molecule has 0 radical (unpaired) electrons. The van der Waals surface area contributed by atoms with E-state index in [1.807, 2.05) is 31.2 Å². The molecule has 0 atom stereocenters. The summed E-state index contributed by atoms with van der Waals surface area (Å²) >= 11 is 1.51. The first kappa shape index (κ1) is 15.8. The molecule has 0 fully saturated rings. The fourth-order valence-electron chi connectivity index (χ4n) is 2.04. The Hall–Kier alpha value is -1.59. The molecule has 1 N–H and O–H groups in total. The summed E-state index contributed by atoms with van der Waals surface area (Å²) in [5, 5.41) is 10.3. The second-order valence-electron chi connectivity index (χ2n) is 4.55. The molecule has 0 unspecified atom stereocenters. The molecule has 2 aromatic rings. The lowest BCUT2D eigenvalue weighted by molar-refractivity contribution is 0.269. The number of ether oxygens (including phenoxy) is 2. The minimum Gasteiger partial charge on any atom is -0.490 e. The molecule has 0 bridgehead atoms. The lowest BCUT2D eigenvalue weighted by atomic mass is 10.2.